The zero-order valence-electron chi connectivity index (χ0n) is 13.8. The molecule has 4 rings (SSSR count). The second kappa shape index (κ2) is 6.16. The van der Waals surface area contributed by atoms with Crippen molar-refractivity contribution in [2.45, 2.75) is 38.1 Å². The third kappa shape index (κ3) is 2.85. The van der Waals surface area contributed by atoms with Gasteiger partial charge in [-0.15, -0.1) is 0 Å². The average molecular weight is 313 g/mol. The van der Waals surface area contributed by atoms with Crippen molar-refractivity contribution in [3.8, 4) is 0 Å². The minimum Gasteiger partial charge on any atom is -0.372 e. The highest BCUT2D eigenvalue weighted by molar-refractivity contribution is 5.94. The molecule has 2 heterocycles. The van der Waals surface area contributed by atoms with E-state index in [4.69, 9.17) is 5.73 Å². The molecule has 0 aromatic heterocycles. The van der Waals surface area contributed by atoms with Gasteiger partial charge in [0, 0.05) is 43.5 Å². The molecule has 1 aromatic rings. The van der Waals surface area contributed by atoms with Crippen molar-refractivity contribution in [1.29, 1.82) is 0 Å². The fraction of sp³-hybridized carbons (Fsp3) is 0.632. The molecule has 1 aromatic carbocycles. The minimum atomic E-state index is 0.178. The van der Waals surface area contributed by atoms with Crippen molar-refractivity contribution < 1.29 is 4.79 Å². The van der Waals surface area contributed by atoms with E-state index in [2.05, 4.69) is 17.0 Å². The third-order valence-electron chi connectivity index (χ3n) is 6.04. The molecule has 1 amide bonds. The predicted molar refractivity (Wildman–Crippen MR) is 92.6 cm³/mol. The van der Waals surface area contributed by atoms with Crippen LogP contribution in [-0.2, 0) is 0 Å². The van der Waals surface area contributed by atoms with E-state index in [1.54, 1.807) is 0 Å². The Morgan fingerprint density at radius 1 is 1.00 bits per heavy atom. The van der Waals surface area contributed by atoms with Crippen LogP contribution in [0.25, 0.3) is 0 Å². The first-order valence-corrected chi connectivity index (χ1v) is 9.12. The number of nitrogens with two attached hydrogens (primary N) is 1. The van der Waals surface area contributed by atoms with Gasteiger partial charge >= 0.3 is 0 Å². The van der Waals surface area contributed by atoms with Crippen LogP contribution in [0.2, 0.25) is 0 Å². The molecule has 0 spiro atoms. The van der Waals surface area contributed by atoms with Crippen LogP contribution in [0.15, 0.2) is 24.3 Å². The summed E-state index contributed by atoms with van der Waals surface area (Å²) in [7, 11) is 0. The normalized spacial score (nSPS) is 30.6. The maximum Gasteiger partial charge on any atom is 0.253 e. The van der Waals surface area contributed by atoms with Gasteiger partial charge < -0.3 is 15.5 Å². The van der Waals surface area contributed by atoms with Crippen LogP contribution >= 0.6 is 0 Å². The van der Waals surface area contributed by atoms with E-state index in [1.807, 2.05) is 17.0 Å². The summed E-state index contributed by atoms with van der Waals surface area (Å²) in [4.78, 5) is 17.2. The molecule has 0 bridgehead atoms. The van der Waals surface area contributed by atoms with Crippen molar-refractivity contribution >= 4 is 11.6 Å². The Morgan fingerprint density at radius 3 is 2.43 bits per heavy atom. The molecule has 2 saturated heterocycles. The fourth-order valence-electron chi connectivity index (χ4n) is 4.62. The van der Waals surface area contributed by atoms with Gasteiger partial charge in [0.15, 0.2) is 0 Å². The molecule has 4 nitrogen and oxygen atoms in total. The Labute approximate surface area is 138 Å². The second-order valence-corrected chi connectivity index (χ2v) is 7.47. The molecule has 3 aliphatic rings. The first kappa shape index (κ1) is 15.0. The van der Waals surface area contributed by atoms with Crippen LogP contribution in [0, 0.1) is 11.8 Å². The van der Waals surface area contributed by atoms with Gasteiger partial charge in [0.2, 0.25) is 0 Å². The highest BCUT2D eigenvalue weighted by Gasteiger charge is 2.42. The Bertz CT molecular complexity index is 564. The van der Waals surface area contributed by atoms with Crippen LogP contribution in [0.1, 0.15) is 42.5 Å². The Kier molecular flexibility index (Phi) is 4.02. The number of benzene rings is 1. The minimum absolute atomic E-state index is 0.178. The van der Waals surface area contributed by atoms with Crippen molar-refractivity contribution in [3.05, 3.63) is 29.8 Å². The highest BCUT2D eigenvalue weighted by Crippen LogP contribution is 2.37. The number of piperidine rings is 1. The average Bonchev–Trinajstić information content (AvgIpc) is 3.18. The predicted octanol–water partition coefficient (Wildman–Crippen LogP) is 2.49. The molecule has 3 unspecified atom stereocenters. The van der Waals surface area contributed by atoms with E-state index in [0.717, 1.165) is 38.2 Å². The Morgan fingerprint density at radius 2 is 1.74 bits per heavy atom. The summed E-state index contributed by atoms with van der Waals surface area (Å²) in [6.45, 7) is 4.02. The van der Waals surface area contributed by atoms with Crippen LogP contribution in [0.3, 0.4) is 0 Å². The van der Waals surface area contributed by atoms with E-state index < -0.39 is 0 Å². The van der Waals surface area contributed by atoms with Crippen molar-refractivity contribution in [2.75, 3.05) is 31.1 Å². The van der Waals surface area contributed by atoms with Gasteiger partial charge in [0.25, 0.3) is 5.91 Å². The number of carbonyl (C=O) groups excluding carboxylic acids is 1. The van der Waals surface area contributed by atoms with Crippen LogP contribution in [-0.4, -0.2) is 43.0 Å². The largest absolute Gasteiger partial charge is 0.372 e. The number of anilines is 1. The highest BCUT2D eigenvalue weighted by atomic mass is 16.2. The molecule has 4 heteroatoms. The van der Waals surface area contributed by atoms with Gasteiger partial charge in [-0.05, 0) is 68.2 Å². The maximum atomic E-state index is 12.7. The number of rotatable bonds is 2. The lowest BCUT2D eigenvalue weighted by molar-refractivity contribution is 0.0779. The van der Waals surface area contributed by atoms with Crippen LogP contribution in [0.4, 0.5) is 5.69 Å². The fourth-order valence-corrected chi connectivity index (χ4v) is 4.62. The maximum absolute atomic E-state index is 12.7. The number of hydrogen-bond acceptors (Lipinski definition) is 3. The summed E-state index contributed by atoms with van der Waals surface area (Å²) in [5.74, 6) is 1.32. The topological polar surface area (TPSA) is 49.6 Å². The first-order chi connectivity index (χ1) is 11.2. The molecule has 1 saturated carbocycles. The van der Waals surface area contributed by atoms with E-state index in [0.29, 0.717) is 17.9 Å². The number of hydrogen-bond donors (Lipinski definition) is 1. The van der Waals surface area contributed by atoms with E-state index >= 15 is 0 Å². The lowest BCUT2D eigenvalue weighted by Gasteiger charge is -2.29. The zero-order chi connectivity index (χ0) is 15.8. The molecule has 3 fully saturated rings. The monoisotopic (exact) mass is 313 g/mol. The summed E-state index contributed by atoms with van der Waals surface area (Å²) >= 11 is 0. The molecule has 23 heavy (non-hydrogen) atoms. The van der Waals surface area contributed by atoms with Crippen LogP contribution < -0.4 is 10.6 Å². The quantitative estimate of drug-likeness (QED) is 0.912. The van der Waals surface area contributed by atoms with Gasteiger partial charge in [-0.2, -0.15) is 0 Å². The smallest absolute Gasteiger partial charge is 0.253 e. The van der Waals surface area contributed by atoms with Crippen LogP contribution in [0.5, 0.6) is 0 Å². The number of amides is 1. The first-order valence-electron chi connectivity index (χ1n) is 9.12. The molecule has 3 atom stereocenters. The summed E-state index contributed by atoms with van der Waals surface area (Å²) in [5, 5.41) is 0. The van der Waals surface area contributed by atoms with Crippen molar-refractivity contribution in [1.82, 2.24) is 4.90 Å². The molecular weight excluding hydrogens is 286 g/mol. The second-order valence-electron chi connectivity index (χ2n) is 7.47. The summed E-state index contributed by atoms with van der Waals surface area (Å²) < 4.78 is 0. The molecule has 2 aliphatic heterocycles. The van der Waals surface area contributed by atoms with Crippen molar-refractivity contribution in [2.24, 2.45) is 17.6 Å². The molecule has 0 radical (unpaired) electrons. The number of nitrogens with zero attached hydrogens (tertiary/aromatic N) is 2. The van der Waals surface area contributed by atoms with Gasteiger partial charge in [-0.3, -0.25) is 4.79 Å². The van der Waals surface area contributed by atoms with Crippen molar-refractivity contribution in [3.63, 3.8) is 0 Å². The van der Waals surface area contributed by atoms with E-state index in [9.17, 15) is 4.79 Å². The molecular formula is C19H27N3O. The Balaban J connectivity index is 1.43. The van der Waals surface area contributed by atoms with Gasteiger partial charge in [-0.1, -0.05) is 0 Å². The third-order valence-corrected chi connectivity index (χ3v) is 6.04. The van der Waals surface area contributed by atoms with Gasteiger partial charge in [0.05, 0.1) is 0 Å². The lowest BCUT2D eigenvalue weighted by atomic mass is 9.98. The van der Waals surface area contributed by atoms with E-state index in [-0.39, 0.29) is 5.91 Å². The zero-order valence-corrected chi connectivity index (χ0v) is 13.8. The number of carbonyl (C=O) groups is 1. The Hall–Kier alpha value is -1.55. The lowest BCUT2D eigenvalue weighted by Crippen LogP contribution is -2.33. The SMILES string of the molecule is NC1CCC2CN(C(=O)c3ccc(N4CCCCC4)cc3)CC12. The van der Waals surface area contributed by atoms with Gasteiger partial charge in [-0.25, -0.2) is 0 Å². The number of fused-ring (bicyclic) bond motifs is 1. The summed E-state index contributed by atoms with van der Waals surface area (Å²) in [6.07, 6.45) is 6.20. The summed E-state index contributed by atoms with van der Waals surface area (Å²) in [6, 6.07) is 8.52. The summed E-state index contributed by atoms with van der Waals surface area (Å²) in [5.41, 5.74) is 8.25. The molecule has 124 valence electrons. The molecule has 1 aliphatic carbocycles. The molecule has 2 N–H and O–H groups in total. The van der Waals surface area contributed by atoms with E-state index in [1.165, 1.54) is 31.4 Å². The number of likely N-dealkylation sites (tertiary alicyclic amines) is 1. The standard InChI is InChI=1S/C19H27N3O/c20-18-9-6-15-12-22(13-17(15)18)19(23)14-4-7-16(8-5-14)21-10-2-1-3-11-21/h4-5,7-8,15,17-18H,1-3,6,9-13,20H2. The van der Waals surface area contributed by atoms with Gasteiger partial charge in [0.1, 0.15) is 0 Å².